The van der Waals surface area contributed by atoms with Crippen molar-refractivity contribution in [2.75, 3.05) is 26.2 Å². The van der Waals surface area contributed by atoms with Gasteiger partial charge in [-0.05, 0) is 13.8 Å². The molecule has 1 aromatic carbocycles. The largest absolute Gasteiger partial charge is 0.395 e. The molecule has 0 heterocycles. The number of hydrogen-bond donors (Lipinski definition) is 2. The van der Waals surface area contributed by atoms with Crippen LogP contribution in [0.1, 0.15) is 24.5 Å². The molecule has 0 aromatic heterocycles. The van der Waals surface area contributed by atoms with E-state index in [9.17, 15) is 4.79 Å². The van der Waals surface area contributed by atoms with Crippen molar-refractivity contribution in [2.45, 2.75) is 27.2 Å². The molecule has 3 N–H and O–H groups in total. The molecular weight excluding hydrogens is 240 g/mol. The highest BCUT2D eigenvalue weighted by Gasteiger charge is 2.08. The maximum Gasteiger partial charge on any atom is 0.222 e. The third kappa shape index (κ3) is 8.35. The van der Waals surface area contributed by atoms with Gasteiger partial charge in [0.2, 0.25) is 5.91 Å². The molecule has 0 saturated carbocycles. The number of carbonyl (C=O) groups excluding carboxylic acids is 1. The van der Waals surface area contributed by atoms with E-state index in [0.29, 0.717) is 26.1 Å². The number of hydrogen-bond acceptors (Lipinski definition) is 3. The van der Waals surface area contributed by atoms with E-state index in [2.05, 4.69) is 38.1 Å². The average molecular weight is 266 g/mol. The van der Waals surface area contributed by atoms with Crippen LogP contribution in [0.25, 0.3) is 0 Å². The number of carbonyl (C=O) groups is 1. The predicted octanol–water partition coefficient (Wildman–Crippen LogP) is 1.48. The molecule has 108 valence electrons. The van der Waals surface area contributed by atoms with Crippen LogP contribution in [-0.2, 0) is 4.79 Å². The summed E-state index contributed by atoms with van der Waals surface area (Å²) in [6.07, 6.45) is 0.472. The Morgan fingerprint density at radius 3 is 2.16 bits per heavy atom. The van der Waals surface area contributed by atoms with E-state index >= 15 is 0 Å². The Hall–Kier alpha value is -1.39. The van der Waals surface area contributed by atoms with E-state index < -0.39 is 0 Å². The molecule has 0 atom stereocenters. The summed E-state index contributed by atoms with van der Waals surface area (Å²) in [6.45, 7) is 7.39. The number of aryl methyl sites for hydroxylation is 2. The van der Waals surface area contributed by atoms with Crippen molar-refractivity contribution < 1.29 is 9.90 Å². The summed E-state index contributed by atoms with van der Waals surface area (Å²) < 4.78 is 0. The molecule has 4 nitrogen and oxygen atoms in total. The Balaban J connectivity index is 0.000000356. The van der Waals surface area contributed by atoms with Crippen LogP contribution in [0, 0.1) is 13.8 Å². The van der Waals surface area contributed by atoms with Crippen molar-refractivity contribution >= 4 is 5.91 Å². The quantitative estimate of drug-likeness (QED) is 0.848. The SMILES string of the molecule is CCC(=O)N(CCN)CCO.Cc1cccc(C)c1. The summed E-state index contributed by atoms with van der Waals surface area (Å²) in [7, 11) is 0. The smallest absolute Gasteiger partial charge is 0.222 e. The van der Waals surface area contributed by atoms with Crippen molar-refractivity contribution in [3.8, 4) is 0 Å². The minimum atomic E-state index is 0.00569. The number of amides is 1. The summed E-state index contributed by atoms with van der Waals surface area (Å²) in [5, 5.41) is 8.57. The molecule has 19 heavy (non-hydrogen) atoms. The van der Waals surface area contributed by atoms with E-state index in [-0.39, 0.29) is 12.5 Å². The van der Waals surface area contributed by atoms with E-state index in [4.69, 9.17) is 10.8 Å². The maximum atomic E-state index is 11.1. The molecule has 0 bridgehead atoms. The number of aliphatic hydroxyl groups excluding tert-OH is 1. The number of rotatable bonds is 5. The van der Waals surface area contributed by atoms with Crippen molar-refractivity contribution in [2.24, 2.45) is 5.73 Å². The van der Waals surface area contributed by atoms with Crippen LogP contribution >= 0.6 is 0 Å². The highest BCUT2D eigenvalue weighted by molar-refractivity contribution is 5.75. The van der Waals surface area contributed by atoms with Crippen LogP contribution in [0.15, 0.2) is 24.3 Å². The summed E-state index contributed by atoms with van der Waals surface area (Å²) in [4.78, 5) is 12.6. The lowest BCUT2D eigenvalue weighted by atomic mass is 10.2. The first-order valence-electron chi connectivity index (χ1n) is 6.67. The van der Waals surface area contributed by atoms with Gasteiger partial charge in [0.1, 0.15) is 0 Å². The van der Waals surface area contributed by atoms with Gasteiger partial charge in [-0.3, -0.25) is 4.79 Å². The van der Waals surface area contributed by atoms with E-state index in [1.54, 1.807) is 11.8 Å². The molecule has 0 unspecified atom stereocenters. The fraction of sp³-hybridized carbons (Fsp3) is 0.533. The summed E-state index contributed by atoms with van der Waals surface area (Å²) in [5.41, 5.74) is 7.95. The average Bonchev–Trinajstić information content (AvgIpc) is 2.38. The third-order valence-electron chi connectivity index (χ3n) is 2.60. The Kier molecular flexibility index (Phi) is 9.75. The van der Waals surface area contributed by atoms with Crippen LogP contribution in [0.5, 0.6) is 0 Å². The van der Waals surface area contributed by atoms with E-state index in [0.717, 1.165) is 0 Å². The molecule has 4 heteroatoms. The summed E-state index contributed by atoms with van der Waals surface area (Å²) in [6, 6.07) is 8.45. The van der Waals surface area contributed by atoms with Crippen LogP contribution in [-0.4, -0.2) is 42.2 Å². The van der Waals surface area contributed by atoms with Crippen molar-refractivity contribution in [1.82, 2.24) is 4.90 Å². The lowest BCUT2D eigenvalue weighted by Gasteiger charge is -2.19. The van der Waals surface area contributed by atoms with Crippen molar-refractivity contribution in [3.05, 3.63) is 35.4 Å². The van der Waals surface area contributed by atoms with Gasteiger partial charge < -0.3 is 15.7 Å². The second kappa shape index (κ2) is 10.5. The van der Waals surface area contributed by atoms with Gasteiger partial charge in [0, 0.05) is 26.1 Å². The van der Waals surface area contributed by atoms with E-state index in [1.165, 1.54) is 11.1 Å². The van der Waals surface area contributed by atoms with Gasteiger partial charge in [-0.25, -0.2) is 0 Å². The monoisotopic (exact) mass is 266 g/mol. The van der Waals surface area contributed by atoms with Crippen LogP contribution in [0.2, 0.25) is 0 Å². The van der Waals surface area contributed by atoms with Gasteiger partial charge in [-0.1, -0.05) is 42.3 Å². The molecule has 0 fully saturated rings. The molecule has 0 saturated heterocycles. The van der Waals surface area contributed by atoms with Gasteiger partial charge in [-0.15, -0.1) is 0 Å². The van der Waals surface area contributed by atoms with Gasteiger partial charge >= 0.3 is 0 Å². The molecule has 1 rings (SSSR count). The minimum absolute atomic E-state index is 0.00569. The van der Waals surface area contributed by atoms with Gasteiger partial charge in [-0.2, -0.15) is 0 Å². The van der Waals surface area contributed by atoms with Crippen LogP contribution < -0.4 is 5.73 Å². The highest BCUT2D eigenvalue weighted by Crippen LogP contribution is 2.00. The maximum absolute atomic E-state index is 11.1. The number of aliphatic hydroxyl groups is 1. The van der Waals surface area contributed by atoms with Crippen molar-refractivity contribution in [3.63, 3.8) is 0 Å². The minimum Gasteiger partial charge on any atom is -0.395 e. The topological polar surface area (TPSA) is 66.6 Å². The lowest BCUT2D eigenvalue weighted by molar-refractivity contribution is -0.131. The van der Waals surface area contributed by atoms with Gasteiger partial charge in [0.05, 0.1) is 6.61 Å². The van der Waals surface area contributed by atoms with Gasteiger partial charge in [0.15, 0.2) is 0 Å². The zero-order valence-corrected chi connectivity index (χ0v) is 12.2. The summed E-state index contributed by atoms with van der Waals surface area (Å²) in [5.74, 6) is 0.0458. The first-order chi connectivity index (χ1) is 9.04. The third-order valence-corrected chi connectivity index (χ3v) is 2.60. The zero-order valence-electron chi connectivity index (χ0n) is 12.2. The first-order valence-corrected chi connectivity index (χ1v) is 6.67. The predicted molar refractivity (Wildman–Crippen MR) is 78.9 cm³/mol. The van der Waals surface area contributed by atoms with E-state index in [1.807, 2.05) is 0 Å². The Bertz CT molecular complexity index is 344. The van der Waals surface area contributed by atoms with Crippen LogP contribution in [0.4, 0.5) is 0 Å². The van der Waals surface area contributed by atoms with Crippen LogP contribution in [0.3, 0.4) is 0 Å². The molecular formula is C15H26N2O2. The lowest BCUT2D eigenvalue weighted by Crippen LogP contribution is -2.36. The Labute approximate surface area is 116 Å². The molecule has 0 spiro atoms. The molecule has 0 radical (unpaired) electrons. The summed E-state index contributed by atoms with van der Waals surface area (Å²) >= 11 is 0. The number of nitrogens with zero attached hydrogens (tertiary/aromatic N) is 1. The Morgan fingerprint density at radius 2 is 1.84 bits per heavy atom. The second-order valence-corrected chi connectivity index (χ2v) is 4.40. The zero-order chi connectivity index (χ0) is 14.7. The number of nitrogens with two attached hydrogens (primary N) is 1. The molecule has 1 aromatic rings. The standard InChI is InChI=1S/C8H10.C7H16N2O2/c1-7-4-3-5-8(2)6-7;1-2-7(11)9(4-3-8)5-6-10/h3-6H,1-2H3;10H,2-6,8H2,1H3. The molecule has 1 amide bonds. The molecule has 0 aliphatic rings. The normalized spacial score (nSPS) is 9.53. The molecule has 0 aliphatic carbocycles. The highest BCUT2D eigenvalue weighted by atomic mass is 16.3. The fourth-order valence-electron chi connectivity index (χ4n) is 1.67. The Morgan fingerprint density at radius 1 is 1.26 bits per heavy atom. The number of benzene rings is 1. The van der Waals surface area contributed by atoms with Gasteiger partial charge in [0.25, 0.3) is 0 Å². The fourth-order valence-corrected chi connectivity index (χ4v) is 1.67. The first kappa shape index (κ1) is 17.6. The van der Waals surface area contributed by atoms with Crippen molar-refractivity contribution in [1.29, 1.82) is 0 Å². The second-order valence-electron chi connectivity index (χ2n) is 4.40. The molecule has 0 aliphatic heterocycles.